The minimum Gasteiger partial charge on any atom is -0.393 e. The number of pyridine rings is 1. The Morgan fingerprint density at radius 3 is 2.64 bits per heavy atom. The molecular weight excluding hydrogens is 350 g/mol. The van der Waals surface area contributed by atoms with Gasteiger partial charge in [0, 0.05) is 29.3 Å². The summed E-state index contributed by atoms with van der Waals surface area (Å²) in [5, 5.41) is 21.1. The monoisotopic (exact) mass is 371 g/mol. The Morgan fingerprint density at radius 1 is 1.45 bits per heavy atom. The van der Waals surface area contributed by atoms with Crippen LogP contribution >= 0.6 is 15.9 Å². The second-order valence-electron chi connectivity index (χ2n) is 6.26. The van der Waals surface area contributed by atoms with Crippen molar-refractivity contribution in [1.82, 2.24) is 4.98 Å². The van der Waals surface area contributed by atoms with Gasteiger partial charge < -0.3 is 10.0 Å². The highest BCUT2D eigenvalue weighted by Gasteiger charge is 2.30. The molecule has 0 bridgehead atoms. The molecule has 122 valence electrons. The van der Waals surface area contributed by atoms with Crippen molar-refractivity contribution in [2.24, 2.45) is 5.92 Å². The lowest BCUT2D eigenvalue weighted by molar-refractivity contribution is -0.384. The number of nitrogens with zero attached hydrogens (tertiary/aromatic N) is 3. The Morgan fingerprint density at radius 2 is 2.09 bits per heavy atom. The number of hydrogen-bond acceptors (Lipinski definition) is 5. The van der Waals surface area contributed by atoms with Crippen LogP contribution in [-0.4, -0.2) is 33.7 Å². The van der Waals surface area contributed by atoms with Crippen molar-refractivity contribution in [2.75, 3.05) is 11.4 Å². The Labute approximate surface area is 138 Å². The summed E-state index contributed by atoms with van der Waals surface area (Å²) < 4.78 is 0.603. The molecule has 1 saturated carbocycles. The number of aromatic nitrogens is 1. The predicted molar refractivity (Wildman–Crippen MR) is 89.0 cm³/mol. The first-order valence-electron chi connectivity index (χ1n) is 7.63. The first kappa shape index (κ1) is 17.1. The van der Waals surface area contributed by atoms with Crippen LogP contribution in [0.15, 0.2) is 16.7 Å². The molecule has 22 heavy (non-hydrogen) atoms. The maximum atomic E-state index is 11.4. The molecule has 0 atom stereocenters. The normalized spacial score (nSPS) is 21.9. The minimum atomic E-state index is -0.377. The third-order valence-electron chi connectivity index (χ3n) is 3.95. The van der Waals surface area contributed by atoms with Gasteiger partial charge in [0.2, 0.25) is 5.82 Å². The van der Waals surface area contributed by atoms with Crippen molar-refractivity contribution in [3.8, 4) is 0 Å². The van der Waals surface area contributed by atoms with Crippen LogP contribution < -0.4 is 4.90 Å². The van der Waals surface area contributed by atoms with E-state index in [0.717, 1.165) is 32.2 Å². The molecule has 1 aromatic heterocycles. The van der Waals surface area contributed by atoms with Crippen LogP contribution in [0, 0.1) is 16.0 Å². The van der Waals surface area contributed by atoms with E-state index in [-0.39, 0.29) is 22.8 Å². The van der Waals surface area contributed by atoms with E-state index in [2.05, 4.69) is 39.7 Å². The van der Waals surface area contributed by atoms with Crippen LogP contribution in [0.1, 0.15) is 39.5 Å². The summed E-state index contributed by atoms with van der Waals surface area (Å²) >= 11 is 3.25. The van der Waals surface area contributed by atoms with E-state index < -0.39 is 0 Å². The zero-order valence-electron chi connectivity index (χ0n) is 12.9. The third kappa shape index (κ3) is 4.16. The van der Waals surface area contributed by atoms with Gasteiger partial charge in [-0.05, 0) is 47.5 Å². The summed E-state index contributed by atoms with van der Waals surface area (Å²) in [7, 11) is 0. The van der Waals surface area contributed by atoms with E-state index in [0.29, 0.717) is 16.2 Å². The van der Waals surface area contributed by atoms with Gasteiger partial charge in [0.25, 0.3) is 0 Å². The molecule has 1 aromatic rings. The lowest BCUT2D eigenvalue weighted by atomic mass is 9.91. The van der Waals surface area contributed by atoms with Crippen LogP contribution in [0.3, 0.4) is 0 Å². The summed E-state index contributed by atoms with van der Waals surface area (Å²) in [5.41, 5.74) is 0.0288. The van der Waals surface area contributed by atoms with Gasteiger partial charge >= 0.3 is 5.69 Å². The molecule has 0 spiro atoms. The second-order valence-corrected chi connectivity index (χ2v) is 7.18. The number of aliphatic hydroxyl groups is 1. The van der Waals surface area contributed by atoms with Crippen LogP contribution in [0.5, 0.6) is 0 Å². The molecule has 0 unspecified atom stereocenters. The molecule has 7 heteroatoms. The average Bonchev–Trinajstić information content (AvgIpc) is 2.45. The van der Waals surface area contributed by atoms with E-state index in [1.54, 1.807) is 6.20 Å². The molecule has 0 radical (unpaired) electrons. The van der Waals surface area contributed by atoms with Gasteiger partial charge in [-0.15, -0.1) is 0 Å². The number of hydrogen-bond donors (Lipinski definition) is 1. The van der Waals surface area contributed by atoms with Crippen molar-refractivity contribution in [1.29, 1.82) is 0 Å². The van der Waals surface area contributed by atoms with Gasteiger partial charge in [-0.3, -0.25) is 10.1 Å². The topological polar surface area (TPSA) is 79.5 Å². The quantitative estimate of drug-likeness (QED) is 0.632. The SMILES string of the molecule is CC(C)CN(c1ncc(Br)cc1[N+](=O)[O-])[C@H]1CC[C@@H](O)CC1. The molecule has 1 aliphatic carbocycles. The molecular formula is C15H22BrN3O3. The van der Waals surface area contributed by atoms with Crippen molar-refractivity contribution in [3.63, 3.8) is 0 Å². The largest absolute Gasteiger partial charge is 0.393 e. The number of rotatable bonds is 5. The van der Waals surface area contributed by atoms with Crippen molar-refractivity contribution in [2.45, 2.75) is 51.7 Å². The Hall–Kier alpha value is -1.21. The highest BCUT2D eigenvalue weighted by molar-refractivity contribution is 9.10. The molecule has 0 aromatic carbocycles. The molecule has 2 rings (SSSR count). The van der Waals surface area contributed by atoms with E-state index in [9.17, 15) is 15.2 Å². The molecule has 1 N–H and O–H groups in total. The maximum Gasteiger partial charge on any atom is 0.312 e. The maximum absolute atomic E-state index is 11.4. The average molecular weight is 372 g/mol. The summed E-state index contributed by atoms with van der Waals surface area (Å²) in [4.78, 5) is 17.4. The van der Waals surface area contributed by atoms with Gasteiger partial charge in [-0.25, -0.2) is 4.98 Å². The fourth-order valence-electron chi connectivity index (χ4n) is 2.95. The Bertz CT molecular complexity index is 531. The summed E-state index contributed by atoms with van der Waals surface area (Å²) in [5.74, 6) is 0.806. The number of anilines is 1. The standard InChI is InChI=1S/C15H22BrN3O3/c1-10(2)9-18(12-3-5-13(20)6-4-12)15-14(19(21)22)7-11(16)8-17-15/h7-8,10,12-13,20H,3-6,9H2,1-2H3/t12-,13+. The zero-order chi connectivity index (χ0) is 16.3. The number of halogens is 1. The van der Waals surface area contributed by atoms with Crippen LogP contribution in [-0.2, 0) is 0 Å². The molecule has 0 aliphatic heterocycles. The molecule has 1 fully saturated rings. The predicted octanol–water partition coefficient (Wildman–Crippen LogP) is 3.52. The van der Waals surface area contributed by atoms with Gasteiger partial charge in [-0.2, -0.15) is 0 Å². The lowest BCUT2D eigenvalue weighted by Gasteiger charge is -2.37. The third-order valence-corrected chi connectivity index (χ3v) is 4.39. The lowest BCUT2D eigenvalue weighted by Crippen LogP contribution is -2.42. The molecule has 0 amide bonds. The van der Waals surface area contributed by atoms with Crippen molar-refractivity contribution < 1.29 is 10.0 Å². The Balaban J connectivity index is 2.35. The fraction of sp³-hybridized carbons (Fsp3) is 0.667. The first-order chi connectivity index (χ1) is 10.4. The minimum absolute atomic E-state index is 0.0288. The van der Waals surface area contributed by atoms with Crippen LogP contribution in [0.25, 0.3) is 0 Å². The van der Waals surface area contributed by atoms with E-state index in [4.69, 9.17) is 0 Å². The summed E-state index contributed by atoms with van der Waals surface area (Å²) in [6.45, 7) is 4.90. The van der Waals surface area contributed by atoms with Crippen LogP contribution in [0.2, 0.25) is 0 Å². The fourth-order valence-corrected chi connectivity index (χ4v) is 3.27. The second kappa shape index (κ2) is 7.37. The smallest absolute Gasteiger partial charge is 0.312 e. The number of aliphatic hydroxyl groups excluding tert-OH is 1. The first-order valence-corrected chi connectivity index (χ1v) is 8.42. The highest BCUT2D eigenvalue weighted by atomic mass is 79.9. The van der Waals surface area contributed by atoms with E-state index in [1.807, 2.05) is 0 Å². The molecule has 6 nitrogen and oxygen atoms in total. The summed E-state index contributed by atoms with van der Waals surface area (Å²) in [6, 6.07) is 1.70. The summed E-state index contributed by atoms with van der Waals surface area (Å²) in [6.07, 6.45) is 4.51. The Kier molecular flexibility index (Phi) is 5.74. The van der Waals surface area contributed by atoms with Gasteiger partial charge in [-0.1, -0.05) is 13.8 Å². The van der Waals surface area contributed by atoms with Gasteiger partial charge in [0.1, 0.15) is 0 Å². The highest BCUT2D eigenvalue weighted by Crippen LogP contribution is 2.34. The van der Waals surface area contributed by atoms with Gasteiger partial charge in [0.05, 0.1) is 11.0 Å². The van der Waals surface area contributed by atoms with E-state index in [1.165, 1.54) is 6.07 Å². The van der Waals surface area contributed by atoms with Crippen molar-refractivity contribution >= 4 is 27.4 Å². The van der Waals surface area contributed by atoms with Gasteiger partial charge in [0.15, 0.2) is 0 Å². The molecule has 1 aliphatic rings. The molecule has 1 heterocycles. The zero-order valence-corrected chi connectivity index (χ0v) is 14.5. The van der Waals surface area contributed by atoms with E-state index >= 15 is 0 Å². The van der Waals surface area contributed by atoms with Crippen molar-refractivity contribution in [3.05, 3.63) is 26.9 Å². The molecule has 0 saturated heterocycles. The van der Waals surface area contributed by atoms with Crippen LogP contribution in [0.4, 0.5) is 11.5 Å². The number of nitro groups is 1.